The first-order chi connectivity index (χ1) is 10.5. The summed E-state index contributed by atoms with van der Waals surface area (Å²) < 4.78 is 5.42. The molecular formula is C16H33IN4O2. The fourth-order valence-corrected chi connectivity index (χ4v) is 2.89. The van der Waals surface area contributed by atoms with Gasteiger partial charge >= 0.3 is 0 Å². The van der Waals surface area contributed by atoms with Gasteiger partial charge in [0.25, 0.3) is 0 Å². The second-order valence-corrected chi connectivity index (χ2v) is 7.04. The van der Waals surface area contributed by atoms with E-state index < -0.39 is 5.60 Å². The minimum Gasteiger partial charge on any atom is -0.388 e. The van der Waals surface area contributed by atoms with Gasteiger partial charge in [-0.15, -0.1) is 24.0 Å². The highest BCUT2D eigenvalue weighted by atomic mass is 127. The second-order valence-electron chi connectivity index (χ2n) is 7.04. The number of halogens is 1. The first-order valence-corrected chi connectivity index (χ1v) is 8.53. The first-order valence-electron chi connectivity index (χ1n) is 8.53. The van der Waals surface area contributed by atoms with Crippen LogP contribution in [-0.4, -0.2) is 73.0 Å². The van der Waals surface area contributed by atoms with Crippen molar-refractivity contribution in [2.24, 2.45) is 4.99 Å². The maximum absolute atomic E-state index is 10.2. The molecule has 0 atom stereocenters. The molecule has 0 aromatic rings. The zero-order valence-electron chi connectivity index (χ0n) is 14.7. The maximum Gasteiger partial charge on any atom is 0.191 e. The number of rotatable bonds is 6. The van der Waals surface area contributed by atoms with Crippen molar-refractivity contribution >= 4 is 29.9 Å². The molecular weight excluding hydrogens is 407 g/mol. The Bertz CT molecular complexity index is 380. The summed E-state index contributed by atoms with van der Waals surface area (Å²) in [5.74, 6) is 0.796. The molecule has 1 saturated carbocycles. The van der Waals surface area contributed by atoms with Crippen LogP contribution in [0.3, 0.4) is 0 Å². The fourth-order valence-electron chi connectivity index (χ4n) is 2.89. The molecule has 0 aromatic carbocycles. The Morgan fingerprint density at radius 1 is 1.26 bits per heavy atom. The van der Waals surface area contributed by atoms with Crippen LogP contribution in [0, 0.1) is 0 Å². The summed E-state index contributed by atoms with van der Waals surface area (Å²) >= 11 is 0. The molecule has 1 heterocycles. The van der Waals surface area contributed by atoms with Crippen molar-refractivity contribution < 1.29 is 9.84 Å². The fraction of sp³-hybridized carbons (Fsp3) is 0.938. The third kappa shape index (κ3) is 6.36. The Hall–Kier alpha value is -0.120. The molecule has 0 radical (unpaired) electrons. The number of hydrogen-bond acceptors (Lipinski definition) is 4. The summed E-state index contributed by atoms with van der Waals surface area (Å²) in [6, 6.07) is 0. The van der Waals surface area contributed by atoms with Crippen LogP contribution in [-0.2, 0) is 4.74 Å². The summed E-state index contributed by atoms with van der Waals surface area (Å²) in [7, 11) is 0. The number of nitrogens with one attached hydrogen (secondary N) is 2. The lowest BCUT2D eigenvalue weighted by molar-refractivity contribution is -0.0279. The Morgan fingerprint density at radius 2 is 1.91 bits per heavy atom. The molecule has 0 bridgehead atoms. The topological polar surface area (TPSA) is 69.1 Å². The summed E-state index contributed by atoms with van der Waals surface area (Å²) in [6.07, 6.45) is 2.90. The third-order valence-corrected chi connectivity index (χ3v) is 4.70. The van der Waals surface area contributed by atoms with Crippen LogP contribution in [0.15, 0.2) is 4.99 Å². The third-order valence-electron chi connectivity index (χ3n) is 4.70. The smallest absolute Gasteiger partial charge is 0.191 e. The maximum atomic E-state index is 10.2. The van der Waals surface area contributed by atoms with E-state index in [1.165, 1.54) is 0 Å². The Labute approximate surface area is 157 Å². The van der Waals surface area contributed by atoms with Crippen LogP contribution >= 0.6 is 24.0 Å². The normalized spacial score (nSPS) is 22.0. The molecule has 2 rings (SSSR count). The zero-order chi connectivity index (χ0) is 16.1. The molecule has 6 nitrogen and oxygen atoms in total. The van der Waals surface area contributed by atoms with Crippen molar-refractivity contribution in [2.45, 2.75) is 51.2 Å². The minimum absolute atomic E-state index is 0. The molecule has 7 heteroatoms. The van der Waals surface area contributed by atoms with Crippen molar-refractivity contribution in [3.8, 4) is 0 Å². The van der Waals surface area contributed by atoms with E-state index in [9.17, 15) is 5.11 Å². The van der Waals surface area contributed by atoms with Crippen LogP contribution in [0.5, 0.6) is 0 Å². The van der Waals surface area contributed by atoms with Gasteiger partial charge in [-0.05, 0) is 40.0 Å². The molecule has 1 saturated heterocycles. The molecule has 0 amide bonds. The highest BCUT2D eigenvalue weighted by Gasteiger charge is 2.34. The zero-order valence-corrected chi connectivity index (χ0v) is 17.1. The van der Waals surface area contributed by atoms with Crippen LogP contribution in [0.1, 0.15) is 40.0 Å². The van der Waals surface area contributed by atoms with Gasteiger partial charge < -0.3 is 20.5 Å². The Morgan fingerprint density at radius 3 is 2.43 bits per heavy atom. The second kappa shape index (κ2) is 9.39. The number of morpholine rings is 1. The first kappa shape index (κ1) is 20.9. The van der Waals surface area contributed by atoms with Crippen molar-refractivity contribution in [3.63, 3.8) is 0 Å². The van der Waals surface area contributed by atoms with Crippen LogP contribution in [0.4, 0.5) is 0 Å². The Kier molecular flexibility index (Phi) is 8.54. The quantitative estimate of drug-likeness (QED) is 0.329. The van der Waals surface area contributed by atoms with Crippen molar-refractivity contribution in [2.75, 3.05) is 45.9 Å². The van der Waals surface area contributed by atoms with Gasteiger partial charge in [0.15, 0.2) is 5.96 Å². The van der Waals surface area contributed by atoms with Gasteiger partial charge in [-0.25, -0.2) is 0 Å². The van der Waals surface area contributed by atoms with E-state index in [1.807, 2.05) is 0 Å². The van der Waals surface area contributed by atoms with Crippen molar-refractivity contribution in [3.05, 3.63) is 0 Å². The largest absolute Gasteiger partial charge is 0.388 e. The van der Waals surface area contributed by atoms with Gasteiger partial charge in [-0.2, -0.15) is 0 Å². The van der Waals surface area contributed by atoms with E-state index in [1.54, 1.807) is 0 Å². The lowest BCUT2D eigenvalue weighted by Gasteiger charge is -2.40. The van der Waals surface area contributed by atoms with Gasteiger partial charge in [0.1, 0.15) is 0 Å². The van der Waals surface area contributed by atoms with E-state index in [0.717, 1.165) is 64.6 Å². The number of ether oxygens (including phenoxy) is 1. The van der Waals surface area contributed by atoms with E-state index in [2.05, 4.69) is 36.3 Å². The SMILES string of the molecule is CCNC(=NCC(C)(C)N1CCOCC1)NCC1(O)CCC1.I. The average molecular weight is 440 g/mol. The molecule has 0 unspecified atom stereocenters. The lowest BCUT2D eigenvalue weighted by atomic mass is 9.80. The average Bonchev–Trinajstić information content (AvgIpc) is 2.49. The van der Waals surface area contributed by atoms with E-state index in [-0.39, 0.29) is 29.5 Å². The highest BCUT2D eigenvalue weighted by Crippen LogP contribution is 2.30. The van der Waals surface area contributed by atoms with Gasteiger partial charge in [0.2, 0.25) is 0 Å². The highest BCUT2D eigenvalue weighted by molar-refractivity contribution is 14.0. The van der Waals surface area contributed by atoms with Crippen LogP contribution in [0.25, 0.3) is 0 Å². The predicted octanol–water partition coefficient (Wildman–Crippen LogP) is 1.19. The van der Waals surface area contributed by atoms with Gasteiger partial charge in [-0.3, -0.25) is 9.89 Å². The molecule has 0 spiro atoms. The number of aliphatic imine (C=N–C) groups is 1. The monoisotopic (exact) mass is 440 g/mol. The van der Waals surface area contributed by atoms with E-state index >= 15 is 0 Å². The summed E-state index contributed by atoms with van der Waals surface area (Å²) in [5.41, 5.74) is -0.518. The Balaban J connectivity index is 0.00000264. The molecule has 3 N–H and O–H groups in total. The summed E-state index contributed by atoms with van der Waals surface area (Å²) in [5, 5.41) is 16.7. The number of hydrogen-bond donors (Lipinski definition) is 3. The van der Waals surface area contributed by atoms with Gasteiger partial charge in [0, 0.05) is 31.7 Å². The van der Waals surface area contributed by atoms with E-state index in [4.69, 9.17) is 9.73 Å². The summed E-state index contributed by atoms with van der Waals surface area (Å²) in [6.45, 7) is 12.2. The van der Waals surface area contributed by atoms with Crippen molar-refractivity contribution in [1.29, 1.82) is 0 Å². The van der Waals surface area contributed by atoms with Crippen LogP contribution in [0.2, 0.25) is 0 Å². The molecule has 1 aliphatic carbocycles. The number of nitrogens with zero attached hydrogens (tertiary/aromatic N) is 2. The molecule has 23 heavy (non-hydrogen) atoms. The lowest BCUT2D eigenvalue weighted by Crippen LogP contribution is -2.53. The van der Waals surface area contributed by atoms with Crippen molar-refractivity contribution in [1.82, 2.24) is 15.5 Å². The molecule has 2 fully saturated rings. The van der Waals surface area contributed by atoms with Crippen LogP contribution < -0.4 is 10.6 Å². The van der Waals surface area contributed by atoms with Gasteiger partial charge in [0.05, 0.1) is 25.4 Å². The molecule has 2 aliphatic rings. The minimum atomic E-state index is -0.532. The number of aliphatic hydroxyl groups is 1. The molecule has 1 aliphatic heterocycles. The predicted molar refractivity (Wildman–Crippen MR) is 105 cm³/mol. The molecule has 136 valence electrons. The van der Waals surface area contributed by atoms with Gasteiger partial charge in [-0.1, -0.05) is 0 Å². The molecule has 0 aromatic heterocycles. The van der Waals surface area contributed by atoms with E-state index in [0.29, 0.717) is 6.54 Å². The standard InChI is InChI=1S/C16H32N4O2.HI/c1-4-17-14(19-13-16(21)6-5-7-16)18-12-15(2,3)20-8-10-22-11-9-20;/h21H,4-13H2,1-3H3,(H2,17,18,19);1H. The summed E-state index contributed by atoms with van der Waals surface area (Å²) in [4.78, 5) is 7.16. The number of guanidine groups is 1.